The molecule has 1 unspecified atom stereocenters. The summed E-state index contributed by atoms with van der Waals surface area (Å²) in [6, 6.07) is 3.97. The fraction of sp³-hybridized carbons (Fsp3) is 0.643. The van der Waals surface area contributed by atoms with Crippen molar-refractivity contribution in [3.05, 3.63) is 23.4 Å². The van der Waals surface area contributed by atoms with Gasteiger partial charge < -0.3 is 4.90 Å². The van der Waals surface area contributed by atoms with Gasteiger partial charge in [-0.15, -0.1) is 11.6 Å². The molecule has 1 aliphatic rings. The second-order valence-corrected chi connectivity index (χ2v) is 8.21. The fourth-order valence-corrected chi connectivity index (χ4v) is 4.34. The molecule has 2 rings (SSSR count). The normalized spacial score (nSPS) is 21.4. The predicted octanol–water partition coefficient (Wildman–Crippen LogP) is 2.57. The highest BCUT2D eigenvalue weighted by atomic mass is 35.5. The van der Waals surface area contributed by atoms with E-state index in [1.165, 1.54) is 0 Å². The molecule has 1 aliphatic heterocycles. The molecule has 0 N–H and O–H groups in total. The van der Waals surface area contributed by atoms with E-state index in [0.717, 1.165) is 17.1 Å². The molecule has 0 aliphatic carbocycles. The van der Waals surface area contributed by atoms with Crippen molar-refractivity contribution in [1.29, 1.82) is 0 Å². The molecular formula is C14H21ClN2O2S. The fourth-order valence-electron chi connectivity index (χ4n) is 2.42. The molecule has 0 radical (unpaired) electrons. The number of hydrogen-bond donors (Lipinski definition) is 0. The zero-order valence-electron chi connectivity index (χ0n) is 12.1. The molecule has 1 fully saturated rings. The zero-order chi connectivity index (χ0) is 14.9. The number of pyridine rings is 1. The van der Waals surface area contributed by atoms with Crippen molar-refractivity contribution in [3.63, 3.8) is 0 Å². The van der Waals surface area contributed by atoms with Crippen molar-refractivity contribution < 1.29 is 8.42 Å². The Balaban J connectivity index is 2.29. The number of anilines is 1. The first kappa shape index (κ1) is 15.6. The van der Waals surface area contributed by atoms with Crippen LogP contribution in [-0.2, 0) is 15.7 Å². The minimum Gasteiger partial charge on any atom is -0.356 e. The Labute approximate surface area is 126 Å². The number of alkyl halides is 1. The number of rotatable bonds is 4. The van der Waals surface area contributed by atoms with E-state index in [1.54, 1.807) is 0 Å². The second-order valence-electron chi connectivity index (χ2n) is 5.71. The first-order valence-electron chi connectivity index (χ1n) is 6.82. The molecule has 1 atom stereocenters. The smallest absolute Gasteiger partial charge is 0.152 e. The van der Waals surface area contributed by atoms with Crippen LogP contribution in [0.4, 0.5) is 5.82 Å². The Morgan fingerprint density at radius 2 is 2.15 bits per heavy atom. The van der Waals surface area contributed by atoms with Gasteiger partial charge in [-0.1, -0.05) is 13.8 Å². The third-order valence-corrected chi connectivity index (χ3v) is 5.81. The Bertz CT molecular complexity index is 587. The topological polar surface area (TPSA) is 50.3 Å². The van der Waals surface area contributed by atoms with Gasteiger partial charge in [-0.3, -0.25) is 0 Å². The van der Waals surface area contributed by atoms with Crippen molar-refractivity contribution in [1.82, 2.24) is 4.98 Å². The molecule has 112 valence electrons. The lowest BCUT2D eigenvalue weighted by Crippen LogP contribution is -2.33. The van der Waals surface area contributed by atoms with Gasteiger partial charge in [0.15, 0.2) is 9.84 Å². The Hall–Kier alpha value is -0.810. The van der Waals surface area contributed by atoms with Gasteiger partial charge in [-0.25, -0.2) is 13.4 Å². The van der Waals surface area contributed by atoms with Gasteiger partial charge in [0, 0.05) is 24.7 Å². The van der Waals surface area contributed by atoms with Crippen LogP contribution in [0.2, 0.25) is 0 Å². The maximum absolute atomic E-state index is 11.6. The highest BCUT2D eigenvalue weighted by Crippen LogP contribution is 2.25. The molecule has 1 aromatic rings. The van der Waals surface area contributed by atoms with Gasteiger partial charge in [0.25, 0.3) is 0 Å². The van der Waals surface area contributed by atoms with Crippen LogP contribution < -0.4 is 4.90 Å². The largest absolute Gasteiger partial charge is 0.356 e. The molecule has 2 heterocycles. The Morgan fingerprint density at radius 1 is 1.45 bits per heavy atom. The highest BCUT2D eigenvalue weighted by Gasteiger charge is 2.31. The SMILES string of the molecule is CC(C)c1cc(CCl)cc(N(C)C2CCS(=O)(=O)C2)n1. The summed E-state index contributed by atoms with van der Waals surface area (Å²) in [4.78, 5) is 6.62. The average molecular weight is 317 g/mol. The van der Waals surface area contributed by atoms with E-state index in [1.807, 2.05) is 24.1 Å². The third kappa shape index (κ3) is 3.44. The van der Waals surface area contributed by atoms with E-state index >= 15 is 0 Å². The van der Waals surface area contributed by atoms with Crippen LogP contribution in [0.1, 0.15) is 37.4 Å². The summed E-state index contributed by atoms with van der Waals surface area (Å²) in [5, 5.41) is 0. The van der Waals surface area contributed by atoms with Crippen LogP contribution in [0.25, 0.3) is 0 Å². The molecule has 6 heteroatoms. The minimum atomic E-state index is -2.89. The maximum Gasteiger partial charge on any atom is 0.152 e. The quantitative estimate of drug-likeness (QED) is 0.801. The van der Waals surface area contributed by atoms with E-state index in [-0.39, 0.29) is 17.5 Å². The third-order valence-electron chi connectivity index (χ3n) is 3.75. The molecule has 0 saturated carbocycles. The van der Waals surface area contributed by atoms with Gasteiger partial charge in [0.05, 0.1) is 11.5 Å². The molecule has 0 bridgehead atoms. The molecule has 20 heavy (non-hydrogen) atoms. The predicted molar refractivity (Wildman–Crippen MR) is 83.3 cm³/mol. The number of hydrogen-bond acceptors (Lipinski definition) is 4. The number of sulfone groups is 1. The standard InChI is InChI=1S/C14H21ClN2O2S/c1-10(2)13-6-11(8-15)7-14(16-13)17(3)12-4-5-20(18,19)9-12/h6-7,10,12H,4-5,8-9H2,1-3H3. The molecule has 1 saturated heterocycles. The van der Waals surface area contributed by atoms with Crippen LogP contribution in [0.15, 0.2) is 12.1 Å². The average Bonchev–Trinajstić information content (AvgIpc) is 2.77. The van der Waals surface area contributed by atoms with Crippen LogP contribution in [0.3, 0.4) is 0 Å². The molecule has 0 amide bonds. The Kier molecular flexibility index (Phi) is 4.59. The van der Waals surface area contributed by atoms with Crippen LogP contribution in [0, 0.1) is 0 Å². The van der Waals surface area contributed by atoms with E-state index in [4.69, 9.17) is 11.6 Å². The molecule has 4 nitrogen and oxygen atoms in total. The lowest BCUT2D eigenvalue weighted by molar-refractivity contribution is 0.600. The van der Waals surface area contributed by atoms with Gasteiger partial charge in [0.1, 0.15) is 5.82 Å². The van der Waals surface area contributed by atoms with E-state index in [2.05, 4.69) is 18.8 Å². The molecule has 0 aromatic carbocycles. The Morgan fingerprint density at radius 3 is 2.65 bits per heavy atom. The number of nitrogens with zero attached hydrogens (tertiary/aromatic N) is 2. The first-order valence-corrected chi connectivity index (χ1v) is 9.18. The van der Waals surface area contributed by atoms with Crippen LogP contribution in [0.5, 0.6) is 0 Å². The van der Waals surface area contributed by atoms with Crippen LogP contribution in [-0.4, -0.2) is 38.0 Å². The summed E-state index contributed by atoms with van der Waals surface area (Å²) >= 11 is 5.94. The molecule has 1 aromatic heterocycles. The van der Waals surface area contributed by atoms with Crippen molar-refractivity contribution in [2.45, 2.75) is 38.1 Å². The summed E-state index contributed by atoms with van der Waals surface area (Å²) in [5.74, 6) is 2.06. The van der Waals surface area contributed by atoms with Gasteiger partial charge in [-0.2, -0.15) is 0 Å². The van der Waals surface area contributed by atoms with E-state index in [9.17, 15) is 8.42 Å². The van der Waals surface area contributed by atoms with Crippen molar-refractivity contribution in [2.75, 3.05) is 23.5 Å². The monoisotopic (exact) mass is 316 g/mol. The lowest BCUT2D eigenvalue weighted by Gasteiger charge is -2.26. The second kappa shape index (κ2) is 5.90. The van der Waals surface area contributed by atoms with Crippen molar-refractivity contribution >= 4 is 27.3 Å². The number of aromatic nitrogens is 1. The summed E-state index contributed by atoms with van der Waals surface area (Å²) < 4.78 is 23.2. The van der Waals surface area contributed by atoms with Gasteiger partial charge in [-0.05, 0) is 30.0 Å². The maximum atomic E-state index is 11.6. The van der Waals surface area contributed by atoms with Crippen molar-refractivity contribution in [2.24, 2.45) is 0 Å². The van der Waals surface area contributed by atoms with Gasteiger partial charge >= 0.3 is 0 Å². The summed E-state index contributed by atoms with van der Waals surface area (Å²) in [7, 11) is -0.973. The zero-order valence-corrected chi connectivity index (χ0v) is 13.7. The van der Waals surface area contributed by atoms with Gasteiger partial charge in [0.2, 0.25) is 0 Å². The van der Waals surface area contributed by atoms with E-state index in [0.29, 0.717) is 18.2 Å². The molecule has 0 spiro atoms. The lowest BCUT2D eigenvalue weighted by atomic mass is 10.1. The number of halogens is 1. The molecular weight excluding hydrogens is 296 g/mol. The summed E-state index contributed by atoms with van der Waals surface area (Å²) in [6.07, 6.45) is 0.669. The summed E-state index contributed by atoms with van der Waals surface area (Å²) in [5.41, 5.74) is 2.01. The minimum absolute atomic E-state index is 0.0121. The summed E-state index contributed by atoms with van der Waals surface area (Å²) in [6.45, 7) is 4.17. The van der Waals surface area contributed by atoms with Crippen LogP contribution >= 0.6 is 11.6 Å². The highest BCUT2D eigenvalue weighted by molar-refractivity contribution is 7.91. The van der Waals surface area contributed by atoms with E-state index < -0.39 is 9.84 Å². The van der Waals surface area contributed by atoms with Crippen molar-refractivity contribution in [3.8, 4) is 0 Å². The first-order chi connectivity index (χ1) is 9.32.